The molecule has 0 aliphatic heterocycles. The van der Waals surface area contributed by atoms with E-state index in [2.05, 4.69) is 5.32 Å². The largest absolute Gasteiger partial charge is 0.480 e. The van der Waals surface area contributed by atoms with Crippen LogP contribution in [0.2, 0.25) is 0 Å². The van der Waals surface area contributed by atoms with E-state index in [0.717, 1.165) is 6.42 Å². The number of amides is 1. The van der Waals surface area contributed by atoms with E-state index >= 15 is 0 Å². The van der Waals surface area contributed by atoms with E-state index < -0.39 is 12.0 Å². The molecule has 0 fully saturated rings. The summed E-state index contributed by atoms with van der Waals surface area (Å²) in [6.45, 7) is 6.78. The van der Waals surface area contributed by atoms with Crippen molar-refractivity contribution in [1.82, 2.24) is 5.32 Å². The first-order valence-electron chi connectivity index (χ1n) is 6.12. The Morgan fingerprint density at radius 1 is 1.35 bits per heavy atom. The molecule has 2 unspecified atom stereocenters. The van der Waals surface area contributed by atoms with E-state index in [1.807, 2.05) is 20.8 Å². The van der Waals surface area contributed by atoms with E-state index in [9.17, 15) is 9.59 Å². The Morgan fingerprint density at radius 2 is 2.00 bits per heavy atom. The number of hydrogen-bond acceptors (Lipinski definition) is 3. The normalized spacial score (nSPS) is 14.1. The molecule has 0 saturated carbocycles. The molecule has 0 rings (SSSR count). The van der Waals surface area contributed by atoms with Crippen molar-refractivity contribution in [2.75, 3.05) is 13.2 Å². The Morgan fingerprint density at radius 3 is 2.47 bits per heavy atom. The van der Waals surface area contributed by atoms with Gasteiger partial charge in [-0.05, 0) is 19.3 Å². The van der Waals surface area contributed by atoms with Crippen molar-refractivity contribution in [3.63, 3.8) is 0 Å². The molecule has 17 heavy (non-hydrogen) atoms. The maximum absolute atomic E-state index is 11.5. The van der Waals surface area contributed by atoms with Crippen LogP contribution in [0.25, 0.3) is 0 Å². The van der Waals surface area contributed by atoms with E-state index in [1.165, 1.54) is 0 Å². The van der Waals surface area contributed by atoms with Gasteiger partial charge in [-0.15, -0.1) is 0 Å². The summed E-state index contributed by atoms with van der Waals surface area (Å²) in [5, 5.41) is 11.5. The van der Waals surface area contributed by atoms with E-state index in [4.69, 9.17) is 9.84 Å². The number of nitrogens with one attached hydrogen (secondary N) is 1. The number of rotatable bonds is 9. The molecule has 0 aliphatic carbocycles. The fourth-order valence-electron chi connectivity index (χ4n) is 1.41. The van der Waals surface area contributed by atoms with Crippen LogP contribution >= 0.6 is 0 Å². The first-order chi connectivity index (χ1) is 8.02. The van der Waals surface area contributed by atoms with Crippen molar-refractivity contribution in [3.8, 4) is 0 Å². The lowest BCUT2D eigenvalue weighted by Crippen LogP contribution is -2.45. The highest BCUT2D eigenvalue weighted by Gasteiger charge is 2.24. The van der Waals surface area contributed by atoms with Gasteiger partial charge in [0.05, 0.1) is 0 Å². The lowest BCUT2D eigenvalue weighted by atomic mass is 9.99. The predicted octanol–water partition coefficient (Wildman–Crippen LogP) is 1.42. The molecule has 5 heteroatoms. The van der Waals surface area contributed by atoms with E-state index in [1.54, 1.807) is 0 Å². The smallest absolute Gasteiger partial charge is 0.326 e. The van der Waals surface area contributed by atoms with Crippen molar-refractivity contribution >= 4 is 11.9 Å². The minimum atomic E-state index is -0.975. The van der Waals surface area contributed by atoms with E-state index in [-0.39, 0.29) is 11.8 Å². The molecule has 0 aromatic heterocycles. The second-order valence-electron chi connectivity index (χ2n) is 4.07. The van der Waals surface area contributed by atoms with Gasteiger partial charge in [0.25, 0.3) is 0 Å². The molecule has 0 saturated heterocycles. The predicted molar refractivity (Wildman–Crippen MR) is 64.7 cm³/mol. The van der Waals surface area contributed by atoms with Crippen LogP contribution in [-0.4, -0.2) is 36.2 Å². The van der Waals surface area contributed by atoms with Crippen LogP contribution in [-0.2, 0) is 14.3 Å². The van der Waals surface area contributed by atoms with Crippen molar-refractivity contribution in [2.24, 2.45) is 5.92 Å². The van der Waals surface area contributed by atoms with Crippen molar-refractivity contribution in [2.45, 2.75) is 46.1 Å². The maximum atomic E-state index is 11.5. The van der Waals surface area contributed by atoms with Gasteiger partial charge in [-0.2, -0.15) is 0 Å². The third kappa shape index (κ3) is 6.94. The number of carboxylic acid groups (broad SMARTS) is 1. The fraction of sp³-hybridized carbons (Fsp3) is 0.833. The van der Waals surface area contributed by atoms with Gasteiger partial charge in [0, 0.05) is 19.6 Å². The highest BCUT2D eigenvalue weighted by atomic mass is 16.5. The number of carboxylic acids is 1. The number of carbonyl (C=O) groups is 2. The molecule has 0 radical (unpaired) electrons. The Bertz CT molecular complexity index is 243. The Hall–Kier alpha value is -1.10. The van der Waals surface area contributed by atoms with Crippen LogP contribution in [0.3, 0.4) is 0 Å². The first kappa shape index (κ1) is 15.9. The lowest BCUT2D eigenvalue weighted by Gasteiger charge is -2.20. The Labute approximate surface area is 103 Å². The number of carbonyl (C=O) groups excluding carboxylic acids is 1. The summed E-state index contributed by atoms with van der Waals surface area (Å²) in [6.07, 6.45) is 1.64. The summed E-state index contributed by atoms with van der Waals surface area (Å²) in [5.74, 6) is -1.27. The number of aliphatic carboxylic acids is 1. The monoisotopic (exact) mass is 245 g/mol. The highest BCUT2D eigenvalue weighted by Crippen LogP contribution is 2.08. The van der Waals surface area contributed by atoms with Gasteiger partial charge in [0.2, 0.25) is 5.91 Å². The topological polar surface area (TPSA) is 75.6 Å². The Kier molecular flexibility index (Phi) is 8.40. The SMILES string of the molecule is CCOCCCC(=O)NC(C(=O)O)C(C)CC. The molecule has 0 heterocycles. The van der Waals surface area contributed by atoms with Crippen LogP contribution in [0.1, 0.15) is 40.0 Å². The van der Waals surface area contributed by atoms with E-state index in [0.29, 0.717) is 26.1 Å². The van der Waals surface area contributed by atoms with Gasteiger partial charge in [0.15, 0.2) is 0 Å². The third-order valence-corrected chi connectivity index (χ3v) is 2.69. The zero-order valence-corrected chi connectivity index (χ0v) is 10.9. The summed E-state index contributed by atoms with van der Waals surface area (Å²) in [7, 11) is 0. The lowest BCUT2D eigenvalue weighted by molar-refractivity contribution is -0.143. The molecule has 2 atom stereocenters. The van der Waals surface area contributed by atoms with Crippen molar-refractivity contribution in [1.29, 1.82) is 0 Å². The molecular formula is C12H23NO4. The molecule has 2 N–H and O–H groups in total. The summed E-state index contributed by atoms with van der Waals surface area (Å²) >= 11 is 0. The molecule has 0 bridgehead atoms. The second-order valence-corrected chi connectivity index (χ2v) is 4.07. The van der Waals surface area contributed by atoms with Gasteiger partial charge in [0.1, 0.15) is 6.04 Å². The minimum absolute atomic E-state index is 0.0664. The molecule has 0 spiro atoms. The van der Waals surface area contributed by atoms with Gasteiger partial charge in [-0.25, -0.2) is 4.79 Å². The average molecular weight is 245 g/mol. The van der Waals surface area contributed by atoms with Crippen LogP contribution in [0, 0.1) is 5.92 Å². The van der Waals surface area contributed by atoms with Crippen molar-refractivity contribution in [3.05, 3.63) is 0 Å². The minimum Gasteiger partial charge on any atom is -0.480 e. The maximum Gasteiger partial charge on any atom is 0.326 e. The first-order valence-corrected chi connectivity index (χ1v) is 6.12. The quantitative estimate of drug-likeness (QED) is 0.602. The highest BCUT2D eigenvalue weighted by molar-refractivity contribution is 5.83. The zero-order chi connectivity index (χ0) is 13.3. The Balaban J connectivity index is 4.00. The second kappa shape index (κ2) is 8.98. The van der Waals surface area contributed by atoms with Gasteiger partial charge < -0.3 is 15.2 Å². The van der Waals surface area contributed by atoms with Gasteiger partial charge >= 0.3 is 5.97 Å². The van der Waals surface area contributed by atoms with Crippen molar-refractivity contribution < 1.29 is 19.4 Å². The summed E-state index contributed by atoms with van der Waals surface area (Å²) in [5.41, 5.74) is 0. The summed E-state index contributed by atoms with van der Waals surface area (Å²) in [6, 6.07) is -0.792. The molecule has 1 amide bonds. The van der Waals surface area contributed by atoms with Crippen LogP contribution < -0.4 is 5.32 Å². The average Bonchev–Trinajstić information content (AvgIpc) is 2.30. The van der Waals surface area contributed by atoms with Gasteiger partial charge in [-0.3, -0.25) is 4.79 Å². The number of ether oxygens (including phenoxy) is 1. The molecule has 0 aromatic rings. The van der Waals surface area contributed by atoms with Crippen LogP contribution in [0.4, 0.5) is 0 Å². The molecule has 5 nitrogen and oxygen atoms in total. The summed E-state index contributed by atoms with van der Waals surface area (Å²) in [4.78, 5) is 22.5. The standard InChI is InChI=1S/C12H23NO4/c1-4-9(3)11(12(15)16)13-10(14)7-6-8-17-5-2/h9,11H,4-8H2,1-3H3,(H,13,14)(H,15,16). The molecule has 100 valence electrons. The van der Waals surface area contributed by atoms with Crippen LogP contribution in [0.5, 0.6) is 0 Å². The summed E-state index contributed by atoms with van der Waals surface area (Å²) < 4.78 is 5.11. The molecule has 0 aromatic carbocycles. The van der Waals surface area contributed by atoms with Crippen LogP contribution in [0.15, 0.2) is 0 Å². The number of hydrogen-bond donors (Lipinski definition) is 2. The third-order valence-electron chi connectivity index (χ3n) is 2.69. The van der Waals surface area contributed by atoms with Gasteiger partial charge in [-0.1, -0.05) is 20.3 Å². The molecule has 0 aliphatic rings. The fourth-order valence-corrected chi connectivity index (χ4v) is 1.41. The molecular weight excluding hydrogens is 222 g/mol. The zero-order valence-electron chi connectivity index (χ0n) is 10.9.